The Morgan fingerprint density at radius 3 is 2.57 bits per heavy atom. The summed E-state index contributed by atoms with van der Waals surface area (Å²) in [4.78, 5) is 11.5. The van der Waals surface area contributed by atoms with E-state index in [0.717, 1.165) is 0 Å². The third-order valence-corrected chi connectivity index (χ3v) is 3.11. The molecule has 0 atom stereocenters. The smallest absolute Gasteiger partial charge is 0.330 e. The predicted octanol–water partition coefficient (Wildman–Crippen LogP) is 3.49. The van der Waals surface area contributed by atoms with Crippen LogP contribution in [0.5, 0.6) is 5.75 Å². The highest BCUT2D eigenvalue weighted by Crippen LogP contribution is 2.26. The molecule has 0 aliphatic carbocycles. The summed E-state index contributed by atoms with van der Waals surface area (Å²) >= 11 is 3.24. The number of methoxy groups -OCH3 is 1. The van der Waals surface area contributed by atoms with Crippen LogP contribution in [0.25, 0.3) is 0 Å². The summed E-state index contributed by atoms with van der Waals surface area (Å²) in [5.74, 6) is -4.15. The highest BCUT2D eigenvalue weighted by molar-refractivity contribution is 9.10. The Morgan fingerprint density at radius 2 is 2.05 bits per heavy atom. The van der Waals surface area contributed by atoms with Crippen molar-refractivity contribution < 1.29 is 31.8 Å². The summed E-state index contributed by atoms with van der Waals surface area (Å²) in [5.41, 5.74) is 0.622. The lowest BCUT2D eigenvalue weighted by Gasteiger charge is -2.14. The maximum atomic E-state index is 12.6. The van der Waals surface area contributed by atoms with Crippen molar-refractivity contribution in [3.8, 4) is 5.75 Å². The summed E-state index contributed by atoms with van der Waals surface area (Å²) in [7, 11) is 1.49. The minimum absolute atomic E-state index is 0.0527. The molecule has 0 saturated carbocycles. The Balaban J connectivity index is 2.46. The molecule has 8 heteroatoms. The highest BCUT2D eigenvalue weighted by atomic mass is 79.9. The molecule has 0 radical (unpaired) electrons. The molecule has 0 aliphatic heterocycles. The molecule has 0 fully saturated rings. The van der Waals surface area contributed by atoms with Crippen LogP contribution in [0.2, 0.25) is 0 Å². The van der Waals surface area contributed by atoms with Gasteiger partial charge in [0.15, 0.2) is 5.78 Å². The van der Waals surface area contributed by atoms with Gasteiger partial charge >= 0.3 is 12.3 Å². The number of carbonyl (C=O) groups is 1. The Hall–Kier alpha value is -1.15. The van der Waals surface area contributed by atoms with E-state index < -0.39 is 31.3 Å². The van der Waals surface area contributed by atoms with Gasteiger partial charge in [0.1, 0.15) is 19.0 Å². The molecule has 0 aliphatic rings. The molecule has 0 N–H and O–H groups in total. The molecule has 3 nitrogen and oxygen atoms in total. The number of hydrogen-bond donors (Lipinski definition) is 0. The molecule has 21 heavy (non-hydrogen) atoms. The predicted molar refractivity (Wildman–Crippen MR) is 71.2 cm³/mol. The topological polar surface area (TPSA) is 35.5 Å². The van der Waals surface area contributed by atoms with Gasteiger partial charge in [-0.05, 0) is 33.6 Å². The summed E-state index contributed by atoms with van der Waals surface area (Å²) in [5, 5.41) is 0. The molecule has 1 aromatic rings. The van der Waals surface area contributed by atoms with Crippen LogP contribution in [0.1, 0.15) is 5.56 Å². The van der Waals surface area contributed by atoms with Crippen LogP contribution in [0.15, 0.2) is 22.7 Å². The lowest BCUT2D eigenvalue weighted by molar-refractivity contribution is -0.168. The van der Waals surface area contributed by atoms with Gasteiger partial charge in [-0.1, -0.05) is 6.07 Å². The number of benzene rings is 1. The number of carbonyl (C=O) groups excluding carboxylic acids is 1. The van der Waals surface area contributed by atoms with E-state index >= 15 is 0 Å². The van der Waals surface area contributed by atoms with Gasteiger partial charge in [0, 0.05) is 6.42 Å². The standard InChI is InChI=1S/C13H13BrF4O3/c1-20-11-3-2-8(5-10(11)14)4-9(19)6-21-7-13(17,18)12(15)16/h2-3,5,12H,4,6-7H2,1H3. The van der Waals surface area contributed by atoms with Crippen molar-refractivity contribution in [3.63, 3.8) is 0 Å². The fraction of sp³-hybridized carbons (Fsp3) is 0.462. The van der Waals surface area contributed by atoms with Crippen molar-refractivity contribution in [1.29, 1.82) is 0 Å². The van der Waals surface area contributed by atoms with E-state index in [0.29, 0.717) is 15.8 Å². The Bertz CT molecular complexity index is 494. The molecule has 1 rings (SSSR count). The van der Waals surface area contributed by atoms with Crippen LogP contribution in [-0.2, 0) is 16.0 Å². The van der Waals surface area contributed by atoms with Crippen LogP contribution in [0.3, 0.4) is 0 Å². The second-order valence-electron chi connectivity index (χ2n) is 4.24. The lowest BCUT2D eigenvalue weighted by Crippen LogP contribution is -2.33. The van der Waals surface area contributed by atoms with Crippen LogP contribution >= 0.6 is 15.9 Å². The monoisotopic (exact) mass is 372 g/mol. The van der Waals surface area contributed by atoms with Gasteiger partial charge in [-0.15, -0.1) is 0 Å². The Labute approximate surface area is 127 Å². The average Bonchev–Trinajstić information content (AvgIpc) is 2.38. The van der Waals surface area contributed by atoms with E-state index in [4.69, 9.17) is 4.74 Å². The highest BCUT2D eigenvalue weighted by Gasteiger charge is 2.41. The zero-order chi connectivity index (χ0) is 16.0. The third-order valence-electron chi connectivity index (χ3n) is 2.49. The molecule has 0 aromatic heterocycles. The first-order valence-electron chi connectivity index (χ1n) is 5.84. The van der Waals surface area contributed by atoms with Crippen molar-refractivity contribution >= 4 is 21.7 Å². The van der Waals surface area contributed by atoms with Crippen molar-refractivity contribution in [1.82, 2.24) is 0 Å². The third kappa shape index (κ3) is 5.62. The maximum absolute atomic E-state index is 12.6. The van der Waals surface area contributed by atoms with Crippen molar-refractivity contribution in [2.24, 2.45) is 0 Å². The maximum Gasteiger partial charge on any atom is 0.330 e. The van der Waals surface area contributed by atoms with Gasteiger partial charge in [0.25, 0.3) is 0 Å². The van der Waals surface area contributed by atoms with E-state index in [2.05, 4.69) is 20.7 Å². The summed E-state index contributed by atoms with van der Waals surface area (Å²) in [6.45, 7) is -2.13. The average molecular weight is 373 g/mol. The minimum atomic E-state index is -4.25. The van der Waals surface area contributed by atoms with Crippen molar-refractivity contribution in [2.45, 2.75) is 18.8 Å². The van der Waals surface area contributed by atoms with Gasteiger partial charge < -0.3 is 9.47 Å². The van der Waals surface area contributed by atoms with Crippen LogP contribution in [0, 0.1) is 0 Å². The van der Waals surface area contributed by atoms with Crippen LogP contribution in [-0.4, -0.2) is 38.5 Å². The lowest BCUT2D eigenvalue weighted by atomic mass is 10.1. The zero-order valence-electron chi connectivity index (χ0n) is 11.0. The quantitative estimate of drug-likeness (QED) is 0.655. The number of Topliss-reactive ketones (excluding diaryl/α,β-unsaturated/α-hetero) is 1. The Kier molecular flexibility index (Phi) is 6.60. The SMILES string of the molecule is COc1ccc(CC(=O)COCC(F)(F)C(F)F)cc1Br. The fourth-order valence-electron chi connectivity index (χ4n) is 1.46. The van der Waals surface area contributed by atoms with Gasteiger partial charge in [0.05, 0.1) is 11.6 Å². The molecule has 0 unspecified atom stereocenters. The van der Waals surface area contributed by atoms with E-state index in [-0.39, 0.29) is 6.42 Å². The number of halogens is 5. The largest absolute Gasteiger partial charge is 0.496 e. The van der Waals surface area contributed by atoms with E-state index in [1.807, 2.05) is 0 Å². The molecule has 0 bridgehead atoms. The number of alkyl halides is 4. The van der Waals surface area contributed by atoms with Crippen molar-refractivity contribution in [3.05, 3.63) is 28.2 Å². The first-order valence-corrected chi connectivity index (χ1v) is 6.63. The number of ketones is 1. The van der Waals surface area contributed by atoms with E-state index in [1.165, 1.54) is 7.11 Å². The van der Waals surface area contributed by atoms with Crippen LogP contribution in [0.4, 0.5) is 17.6 Å². The summed E-state index contributed by atoms with van der Waals surface area (Å²) in [6.07, 6.45) is -3.87. The minimum Gasteiger partial charge on any atom is -0.496 e. The molecule has 0 amide bonds. The molecule has 1 aromatic carbocycles. The molecular weight excluding hydrogens is 360 g/mol. The van der Waals surface area contributed by atoms with Gasteiger partial charge in [-0.25, -0.2) is 8.78 Å². The summed E-state index contributed by atoms with van der Waals surface area (Å²) < 4.78 is 58.9. The first kappa shape index (κ1) is 17.9. The second-order valence-corrected chi connectivity index (χ2v) is 5.09. The van der Waals surface area contributed by atoms with Gasteiger partial charge in [-0.2, -0.15) is 8.78 Å². The molecule has 118 valence electrons. The normalized spacial score (nSPS) is 11.8. The Morgan fingerprint density at radius 1 is 1.38 bits per heavy atom. The zero-order valence-corrected chi connectivity index (χ0v) is 12.6. The summed E-state index contributed by atoms with van der Waals surface area (Å²) in [6, 6.07) is 4.91. The van der Waals surface area contributed by atoms with E-state index in [1.54, 1.807) is 18.2 Å². The first-order chi connectivity index (χ1) is 9.76. The number of ether oxygens (including phenoxy) is 2. The molecule has 0 spiro atoms. The van der Waals surface area contributed by atoms with E-state index in [9.17, 15) is 22.4 Å². The molecule has 0 saturated heterocycles. The molecule has 0 heterocycles. The second kappa shape index (κ2) is 7.74. The van der Waals surface area contributed by atoms with Crippen molar-refractivity contribution in [2.75, 3.05) is 20.3 Å². The van der Waals surface area contributed by atoms with Gasteiger partial charge in [0.2, 0.25) is 0 Å². The molecular formula is C13H13BrF4O3. The fourth-order valence-corrected chi connectivity index (χ4v) is 2.05. The van der Waals surface area contributed by atoms with Gasteiger partial charge in [-0.3, -0.25) is 4.79 Å². The van der Waals surface area contributed by atoms with Crippen LogP contribution < -0.4 is 4.74 Å². The number of hydrogen-bond acceptors (Lipinski definition) is 3. The number of rotatable bonds is 8.